The van der Waals surface area contributed by atoms with Gasteiger partial charge in [-0.3, -0.25) is 0 Å². The second kappa shape index (κ2) is 7.37. The Balaban J connectivity index is 1.40. The van der Waals surface area contributed by atoms with E-state index in [-0.39, 0.29) is 13.6 Å². The highest BCUT2D eigenvalue weighted by Gasteiger charge is 2.51. The van der Waals surface area contributed by atoms with Gasteiger partial charge in [0, 0.05) is 39.6 Å². The quantitative estimate of drug-likeness (QED) is 0.284. The Kier molecular flexibility index (Phi) is 3.86. The van der Waals surface area contributed by atoms with Crippen molar-refractivity contribution in [2.24, 2.45) is 0 Å². The fourth-order valence-corrected chi connectivity index (χ4v) is 8.01. The van der Waals surface area contributed by atoms with E-state index in [9.17, 15) is 0 Å². The van der Waals surface area contributed by atoms with Crippen molar-refractivity contribution in [2.75, 3.05) is 9.71 Å². The van der Waals surface area contributed by atoms with Crippen molar-refractivity contribution in [3.63, 3.8) is 0 Å². The van der Waals surface area contributed by atoms with Crippen LogP contribution in [0.1, 0.15) is 0 Å². The second-order valence-electron chi connectivity index (χ2n) is 11.2. The molecule has 0 amide bonds. The molecule has 4 aliphatic rings. The normalized spacial score (nSPS) is 14.3. The summed E-state index contributed by atoms with van der Waals surface area (Å²) >= 11 is 0. The van der Waals surface area contributed by atoms with Gasteiger partial charge in [0.15, 0.2) is 0 Å². The van der Waals surface area contributed by atoms with Crippen molar-refractivity contribution in [1.82, 2.24) is 0 Å². The number of benzene rings is 6. The first-order valence-corrected chi connectivity index (χ1v) is 14.1. The van der Waals surface area contributed by atoms with Crippen molar-refractivity contribution >= 4 is 69.3 Å². The maximum atomic E-state index is 2.69. The summed E-state index contributed by atoms with van der Waals surface area (Å²) in [5.41, 5.74) is 18.8. The van der Waals surface area contributed by atoms with Gasteiger partial charge in [-0.05, 0) is 62.7 Å². The van der Waals surface area contributed by atoms with Crippen LogP contribution in [0.15, 0.2) is 133 Å². The molecule has 182 valence electrons. The molecule has 0 spiro atoms. The van der Waals surface area contributed by atoms with Crippen molar-refractivity contribution in [3.05, 3.63) is 133 Å². The van der Waals surface area contributed by atoms with Crippen molar-refractivity contribution in [1.29, 1.82) is 0 Å². The molecule has 0 aromatic heterocycles. The highest BCUT2D eigenvalue weighted by atomic mass is 15.2. The number of anilines is 5. The molecule has 4 aliphatic heterocycles. The van der Waals surface area contributed by atoms with E-state index in [1.165, 1.54) is 78.0 Å². The molecule has 2 nitrogen and oxygen atoms in total. The predicted octanol–water partition coefficient (Wildman–Crippen LogP) is 5.20. The van der Waals surface area contributed by atoms with Gasteiger partial charge in [0.25, 0.3) is 6.71 Å². The molecule has 0 saturated heterocycles. The van der Waals surface area contributed by atoms with Crippen LogP contribution in [0.4, 0.5) is 28.4 Å². The number of hydrogen-bond donors (Lipinski definition) is 0. The molecule has 6 aromatic carbocycles. The minimum Gasteiger partial charge on any atom is -0.377 e. The van der Waals surface area contributed by atoms with Gasteiger partial charge in [-0.25, -0.2) is 0 Å². The minimum absolute atomic E-state index is 0.142. The Morgan fingerprint density at radius 2 is 1.00 bits per heavy atom. The first kappa shape index (κ1) is 20.9. The van der Waals surface area contributed by atoms with Crippen LogP contribution in [0.5, 0.6) is 0 Å². The zero-order valence-electron chi connectivity index (χ0n) is 21.8. The monoisotopic (exact) mass is 504 g/mol. The lowest BCUT2D eigenvalue weighted by Crippen LogP contribution is -2.69. The van der Waals surface area contributed by atoms with Gasteiger partial charge < -0.3 is 9.71 Å². The minimum atomic E-state index is 0.142. The standard InChI is InChI=1S/C36H22B2N2/c1-2-11-23(12-3-1)39-32-20-9-8-18-30(32)37-31-19-10-15-26-24-13-4-6-16-28(24)38-29-17-7-5-14-25(29)27-21-22-33(39)34(37)36(27)40(38)35(26)31/h1-22H. The summed E-state index contributed by atoms with van der Waals surface area (Å²) in [5.74, 6) is 0. The lowest BCUT2D eigenvalue weighted by Gasteiger charge is -2.51. The van der Waals surface area contributed by atoms with Gasteiger partial charge in [0.1, 0.15) is 0 Å². The van der Waals surface area contributed by atoms with E-state index in [0.717, 1.165) is 0 Å². The third-order valence-corrected chi connectivity index (χ3v) is 9.44. The zero-order valence-corrected chi connectivity index (χ0v) is 21.8. The van der Waals surface area contributed by atoms with Crippen LogP contribution in [0.25, 0.3) is 22.3 Å². The summed E-state index contributed by atoms with van der Waals surface area (Å²) in [7, 11) is 0. The summed E-state index contributed by atoms with van der Waals surface area (Å²) in [6.45, 7) is 0.312. The molecule has 0 atom stereocenters. The van der Waals surface area contributed by atoms with E-state index in [1.807, 2.05) is 0 Å². The molecular formula is C36H22B2N2. The molecule has 0 unspecified atom stereocenters. The van der Waals surface area contributed by atoms with Crippen LogP contribution in [0.2, 0.25) is 0 Å². The molecule has 0 saturated carbocycles. The largest absolute Gasteiger partial charge is 0.377 e. The summed E-state index contributed by atoms with van der Waals surface area (Å²) < 4.78 is 0. The molecule has 40 heavy (non-hydrogen) atoms. The Bertz CT molecular complexity index is 2050. The number of hydrogen-bond acceptors (Lipinski definition) is 2. The number of para-hydroxylation sites is 3. The summed E-state index contributed by atoms with van der Waals surface area (Å²) in [4.78, 5) is 5.17. The molecule has 0 aliphatic carbocycles. The molecule has 4 heteroatoms. The van der Waals surface area contributed by atoms with Gasteiger partial charge in [0.2, 0.25) is 0 Å². The number of fused-ring (bicyclic) bond motifs is 9. The molecule has 6 aromatic rings. The SMILES string of the molecule is c1ccc(N2c3ccccc3B3c4cccc5c4N4B(c6ccccc6-5)c5ccccc5-c5ccc2c3c54)cc1. The second-order valence-corrected chi connectivity index (χ2v) is 11.2. The number of rotatable bonds is 1. The van der Waals surface area contributed by atoms with Crippen LogP contribution in [-0.4, -0.2) is 13.6 Å². The van der Waals surface area contributed by atoms with Crippen LogP contribution >= 0.6 is 0 Å². The topological polar surface area (TPSA) is 6.48 Å². The molecule has 10 rings (SSSR count). The smallest absolute Gasteiger partial charge is 0.329 e. The van der Waals surface area contributed by atoms with E-state index in [4.69, 9.17) is 0 Å². The molecule has 0 bridgehead atoms. The Morgan fingerprint density at radius 3 is 1.77 bits per heavy atom. The van der Waals surface area contributed by atoms with Gasteiger partial charge in [-0.15, -0.1) is 0 Å². The van der Waals surface area contributed by atoms with E-state index < -0.39 is 0 Å². The summed E-state index contributed by atoms with van der Waals surface area (Å²) in [6.07, 6.45) is 0. The fourth-order valence-electron chi connectivity index (χ4n) is 8.01. The first-order valence-electron chi connectivity index (χ1n) is 14.1. The molecule has 0 fully saturated rings. The zero-order chi connectivity index (χ0) is 25.9. The van der Waals surface area contributed by atoms with E-state index >= 15 is 0 Å². The van der Waals surface area contributed by atoms with E-state index in [1.54, 1.807) is 0 Å². The van der Waals surface area contributed by atoms with Crippen molar-refractivity contribution < 1.29 is 0 Å². The average Bonchev–Trinajstić information content (AvgIpc) is 3.03. The Hall–Kier alpha value is -4.95. The maximum Gasteiger partial charge on any atom is 0.329 e. The van der Waals surface area contributed by atoms with Gasteiger partial charge >= 0.3 is 6.85 Å². The molecule has 0 N–H and O–H groups in total. The van der Waals surface area contributed by atoms with Crippen molar-refractivity contribution in [3.8, 4) is 22.3 Å². The number of nitrogens with zero attached hydrogens (tertiary/aromatic N) is 2. The highest BCUT2D eigenvalue weighted by Crippen LogP contribution is 2.50. The third kappa shape index (κ3) is 2.40. The van der Waals surface area contributed by atoms with Gasteiger partial charge in [-0.1, -0.05) is 109 Å². The lowest BCUT2D eigenvalue weighted by atomic mass is 9.30. The molecule has 0 radical (unpaired) electrons. The summed E-state index contributed by atoms with van der Waals surface area (Å²) in [5, 5.41) is 0. The van der Waals surface area contributed by atoms with Crippen molar-refractivity contribution in [2.45, 2.75) is 0 Å². The van der Waals surface area contributed by atoms with Crippen LogP contribution in [0, 0.1) is 0 Å². The molecular weight excluding hydrogens is 482 g/mol. The van der Waals surface area contributed by atoms with Crippen LogP contribution in [0.3, 0.4) is 0 Å². The first-order chi connectivity index (χ1) is 19.9. The average molecular weight is 504 g/mol. The van der Waals surface area contributed by atoms with Crippen LogP contribution < -0.4 is 37.0 Å². The fraction of sp³-hybridized carbons (Fsp3) is 0. The van der Waals surface area contributed by atoms with E-state index in [2.05, 4.69) is 143 Å². The maximum absolute atomic E-state index is 2.69. The Morgan fingerprint density at radius 1 is 0.400 bits per heavy atom. The highest BCUT2D eigenvalue weighted by molar-refractivity contribution is 7.03. The van der Waals surface area contributed by atoms with Gasteiger partial charge in [-0.2, -0.15) is 0 Å². The predicted molar refractivity (Wildman–Crippen MR) is 170 cm³/mol. The Labute approximate surface area is 234 Å². The molecule has 4 heterocycles. The lowest BCUT2D eigenvalue weighted by molar-refractivity contribution is 1.27. The third-order valence-electron chi connectivity index (χ3n) is 9.44. The van der Waals surface area contributed by atoms with E-state index in [0.29, 0.717) is 0 Å². The van der Waals surface area contributed by atoms with Gasteiger partial charge in [0.05, 0.1) is 0 Å². The van der Waals surface area contributed by atoms with Crippen LogP contribution in [-0.2, 0) is 0 Å². The summed E-state index contributed by atoms with van der Waals surface area (Å²) in [6, 6.07) is 49.7.